The number of amides is 1. The summed E-state index contributed by atoms with van der Waals surface area (Å²) >= 11 is 0. The largest absolute Gasteiger partial charge is 0.324 e. The zero-order valence-corrected chi connectivity index (χ0v) is 14.4. The molecule has 1 aliphatic carbocycles. The zero-order valence-electron chi connectivity index (χ0n) is 14.4. The molecular formula is C21H26N2O. The molecule has 1 aliphatic rings. The molecule has 0 saturated heterocycles. The molecule has 0 aliphatic heterocycles. The molecule has 3 heteroatoms. The molecule has 0 radical (unpaired) electrons. The van der Waals surface area contributed by atoms with Crippen LogP contribution in [-0.2, 0) is 4.79 Å². The van der Waals surface area contributed by atoms with Crippen LogP contribution < -0.4 is 5.32 Å². The number of para-hydroxylation sites is 1. The molecule has 0 spiro atoms. The minimum absolute atomic E-state index is 0.0764. The zero-order chi connectivity index (χ0) is 16.8. The second kappa shape index (κ2) is 8.11. The van der Waals surface area contributed by atoms with E-state index < -0.39 is 0 Å². The first-order valence-corrected chi connectivity index (χ1v) is 8.93. The third kappa shape index (κ3) is 4.68. The Balaban J connectivity index is 1.67. The fraction of sp³-hybridized carbons (Fsp3) is 0.381. The van der Waals surface area contributed by atoms with Gasteiger partial charge in [-0.2, -0.15) is 0 Å². The van der Waals surface area contributed by atoms with Gasteiger partial charge in [0.05, 0.1) is 6.54 Å². The Hall–Kier alpha value is -2.13. The van der Waals surface area contributed by atoms with Crippen molar-refractivity contribution in [3.05, 3.63) is 54.6 Å². The van der Waals surface area contributed by atoms with E-state index in [-0.39, 0.29) is 5.91 Å². The third-order valence-corrected chi connectivity index (χ3v) is 4.41. The van der Waals surface area contributed by atoms with Crippen LogP contribution in [0.25, 0.3) is 11.1 Å². The highest BCUT2D eigenvalue weighted by Gasteiger charge is 2.25. The molecule has 3 rings (SSSR count). The van der Waals surface area contributed by atoms with Gasteiger partial charge in [0.15, 0.2) is 0 Å². The highest BCUT2D eigenvalue weighted by Crippen LogP contribution is 2.30. The Kier molecular flexibility index (Phi) is 5.65. The highest BCUT2D eigenvalue weighted by atomic mass is 16.2. The van der Waals surface area contributed by atoms with E-state index in [1.54, 1.807) is 0 Å². The first kappa shape index (κ1) is 16.7. The summed E-state index contributed by atoms with van der Waals surface area (Å²) in [6.07, 6.45) is 3.72. The van der Waals surface area contributed by atoms with Gasteiger partial charge in [-0.3, -0.25) is 9.69 Å². The van der Waals surface area contributed by atoms with Crippen molar-refractivity contribution in [1.82, 2.24) is 4.90 Å². The number of carbonyl (C=O) groups is 1. The average Bonchev–Trinajstić information content (AvgIpc) is 3.40. The van der Waals surface area contributed by atoms with Crippen LogP contribution in [0.1, 0.15) is 26.2 Å². The van der Waals surface area contributed by atoms with Gasteiger partial charge in [-0.25, -0.2) is 0 Å². The first-order valence-electron chi connectivity index (χ1n) is 8.93. The Morgan fingerprint density at radius 2 is 1.79 bits per heavy atom. The molecule has 0 unspecified atom stereocenters. The molecule has 0 heterocycles. The second-order valence-electron chi connectivity index (χ2n) is 6.64. The fourth-order valence-corrected chi connectivity index (χ4v) is 3.07. The molecule has 1 fully saturated rings. The predicted octanol–water partition coefficient (Wildman–Crippen LogP) is 4.41. The van der Waals surface area contributed by atoms with Crippen LogP contribution >= 0.6 is 0 Å². The van der Waals surface area contributed by atoms with Crippen molar-refractivity contribution in [2.75, 3.05) is 25.0 Å². The minimum atomic E-state index is 0.0764. The standard InChI is InChI=1S/C21H26N2O/c1-2-14-23(15-17-12-13-17)16-21(24)22-20-11-7-6-10-19(20)18-8-4-3-5-9-18/h3-11,17H,2,12-16H2,1H3,(H,22,24). The smallest absolute Gasteiger partial charge is 0.238 e. The molecule has 0 bridgehead atoms. The lowest BCUT2D eigenvalue weighted by molar-refractivity contribution is -0.117. The summed E-state index contributed by atoms with van der Waals surface area (Å²) in [5, 5.41) is 3.11. The van der Waals surface area contributed by atoms with Crippen LogP contribution in [0.5, 0.6) is 0 Å². The van der Waals surface area contributed by atoms with Gasteiger partial charge in [0.1, 0.15) is 0 Å². The van der Waals surface area contributed by atoms with Crippen molar-refractivity contribution in [1.29, 1.82) is 0 Å². The fourth-order valence-electron chi connectivity index (χ4n) is 3.07. The van der Waals surface area contributed by atoms with Crippen LogP contribution in [0.2, 0.25) is 0 Å². The summed E-state index contributed by atoms with van der Waals surface area (Å²) in [6.45, 7) is 4.70. The van der Waals surface area contributed by atoms with Gasteiger partial charge in [0.25, 0.3) is 0 Å². The number of rotatable bonds is 8. The van der Waals surface area contributed by atoms with Gasteiger partial charge in [-0.15, -0.1) is 0 Å². The van der Waals surface area contributed by atoms with Crippen molar-refractivity contribution in [2.45, 2.75) is 26.2 Å². The molecule has 2 aromatic carbocycles. The Morgan fingerprint density at radius 1 is 1.08 bits per heavy atom. The molecule has 0 aromatic heterocycles. The molecule has 2 aromatic rings. The van der Waals surface area contributed by atoms with Gasteiger partial charge in [-0.05, 0) is 43.4 Å². The van der Waals surface area contributed by atoms with Crippen LogP contribution in [0, 0.1) is 5.92 Å². The van der Waals surface area contributed by atoms with E-state index in [2.05, 4.69) is 35.3 Å². The summed E-state index contributed by atoms with van der Waals surface area (Å²) in [5.41, 5.74) is 3.07. The number of hydrogen-bond donors (Lipinski definition) is 1. The van der Waals surface area contributed by atoms with Crippen molar-refractivity contribution in [3.8, 4) is 11.1 Å². The van der Waals surface area contributed by atoms with E-state index in [9.17, 15) is 4.79 Å². The molecule has 0 atom stereocenters. The van der Waals surface area contributed by atoms with E-state index in [4.69, 9.17) is 0 Å². The van der Waals surface area contributed by atoms with Gasteiger partial charge in [0, 0.05) is 17.8 Å². The molecule has 1 amide bonds. The number of nitrogens with zero attached hydrogens (tertiary/aromatic N) is 1. The quantitative estimate of drug-likeness (QED) is 0.780. The van der Waals surface area contributed by atoms with Crippen molar-refractivity contribution in [3.63, 3.8) is 0 Å². The summed E-state index contributed by atoms with van der Waals surface area (Å²) < 4.78 is 0. The summed E-state index contributed by atoms with van der Waals surface area (Å²) in [7, 11) is 0. The van der Waals surface area contributed by atoms with Gasteiger partial charge >= 0.3 is 0 Å². The van der Waals surface area contributed by atoms with Crippen molar-refractivity contribution in [2.24, 2.45) is 5.92 Å². The minimum Gasteiger partial charge on any atom is -0.324 e. The highest BCUT2D eigenvalue weighted by molar-refractivity contribution is 5.96. The molecule has 24 heavy (non-hydrogen) atoms. The maximum atomic E-state index is 12.5. The van der Waals surface area contributed by atoms with E-state index in [0.29, 0.717) is 6.54 Å². The van der Waals surface area contributed by atoms with E-state index in [1.807, 2.05) is 36.4 Å². The van der Waals surface area contributed by atoms with E-state index >= 15 is 0 Å². The van der Waals surface area contributed by atoms with Crippen LogP contribution in [0.4, 0.5) is 5.69 Å². The van der Waals surface area contributed by atoms with Crippen LogP contribution in [0.15, 0.2) is 54.6 Å². The summed E-state index contributed by atoms with van der Waals surface area (Å²) in [6, 6.07) is 18.2. The molecule has 1 saturated carbocycles. The maximum absolute atomic E-state index is 12.5. The summed E-state index contributed by atoms with van der Waals surface area (Å²) in [5.74, 6) is 0.883. The van der Waals surface area contributed by atoms with Gasteiger partial charge in [0.2, 0.25) is 5.91 Å². The lowest BCUT2D eigenvalue weighted by Gasteiger charge is -2.21. The Morgan fingerprint density at radius 3 is 2.50 bits per heavy atom. The first-order chi connectivity index (χ1) is 11.8. The molecule has 3 nitrogen and oxygen atoms in total. The SMILES string of the molecule is CCCN(CC(=O)Nc1ccccc1-c1ccccc1)CC1CC1. The molecule has 126 valence electrons. The van der Waals surface area contributed by atoms with Crippen molar-refractivity contribution >= 4 is 11.6 Å². The van der Waals surface area contributed by atoms with Crippen molar-refractivity contribution < 1.29 is 4.79 Å². The van der Waals surface area contributed by atoms with Crippen LogP contribution in [-0.4, -0.2) is 30.4 Å². The number of nitrogens with one attached hydrogen (secondary N) is 1. The van der Waals surface area contributed by atoms with E-state index in [1.165, 1.54) is 12.8 Å². The average molecular weight is 322 g/mol. The number of benzene rings is 2. The Bertz CT molecular complexity index is 665. The molecule has 1 N–H and O–H groups in total. The van der Waals surface area contributed by atoms with Gasteiger partial charge in [-0.1, -0.05) is 55.5 Å². The van der Waals surface area contributed by atoms with E-state index in [0.717, 1.165) is 42.2 Å². The maximum Gasteiger partial charge on any atom is 0.238 e. The molecular weight excluding hydrogens is 296 g/mol. The number of anilines is 1. The lowest BCUT2D eigenvalue weighted by Crippen LogP contribution is -2.35. The predicted molar refractivity (Wildman–Crippen MR) is 100.0 cm³/mol. The van der Waals surface area contributed by atoms with Crippen LogP contribution in [0.3, 0.4) is 0 Å². The normalized spacial score (nSPS) is 13.9. The summed E-state index contributed by atoms with van der Waals surface area (Å²) in [4.78, 5) is 14.8. The third-order valence-electron chi connectivity index (χ3n) is 4.41. The van der Waals surface area contributed by atoms with Gasteiger partial charge < -0.3 is 5.32 Å². The number of hydrogen-bond acceptors (Lipinski definition) is 2. The lowest BCUT2D eigenvalue weighted by atomic mass is 10.0. The second-order valence-corrected chi connectivity index (χ2v) is 6.64. The topological polar surface area (TPSA) is 32.3 Å². The Labute approximate surface area is 144 Å². The number of carbonyl (C=O) groups excluding carboxylic acids is 1. The monoisotopic (exact) mass is 322 g/mol.